The SMILES string of the molecule is Cc1nc2ccc(-c3ccccc3C(F)(F)F)cc2c(=O)n1C[C@H]1CCCN(C(C)C)C1. The van der Waals surface area contributed by atoms with Crippen LogP contribution in [0.15, 0.2) is 47.3 Å². The summed E-state index contributed by atoms with van der Waals surface area (Å²) < 4.78 is 42.2. The van der Waals surface area contributed by atoms with E-state index < -0.39 is 11.7 Å². The van der Waals surface area contributed by atoms with E-state index in [2.05, 4.69) is 23.7 Å². The van der Waals surface area contributed by atoms with Crippen molar-refractivity contribution in [2.24, 2.45) is 5.92 Å². The van der Waals surface area contributed by atoms with Gasteiger partial charge < -0.3 is 4.90 Å². The van der Waals surface area contributed by atoms with Crippen LogP contribution in [0.4, 0.5) is 13.2 Å². The van der Waals surface area contributed by atoms with Crippen LogP contribution >= 0.6 is 0 Å². The quantitative estimate of drug-likeness (QED) is 0.534. The van der Waals surface area contributed by atoms with E-state index in [-0.39, 0.29) is 11.1 Å². The lowest BCUT2D eigenvalue weighted by atomic mass is 9.96. The molecule has 2 heterocycles. The Balaban J connectivity index is 1.74. The number of rotatable bonds is 4. The van der Waals surface area contributed by atoms with Crippen molar-refractivity contribution < 1.29 is 13.2 Å². The highest BCUT2D eigenvalue weighted by Crippen LogP contribution is 2.37. The maximum Gasteiger partial charge on any atom is 0.417 e. The minimum atomic E-state index is -4.47. The summed E-state index contributed by atoms with van der Waals surface area (Å²) in [5.41, 5.74) is 0.0253. The molecule has 0 unspecified atom stereocenters. The van der Waals surface area contributed by atoms with Crippen molar-refractivity contribution in [3.8, 4) is 11.1 Å². The van der Waals surface area contributed by atoms with Crippen LogP contribution in [0.3, 0.4) is 0 Å². The van der Waals surface area contributed by atoms with Gasteiger partial charge in [0, 0.05) is 19.1 Å². The van der Waals surface area contributed by atoms with Gasteiger partial charge in [0.15, 0.2) is 0 Å². The zero-order valence-corrected chi connectivity index (χ0v) is 18.6. The molecule has 4 rings (SSSR count). The van der Waals surface area contributed by atoms with Gasteiger partial charge >= 0.3 is 6.18 Å². The van der Waals surface area contributed by atoms with Gasteiger partial charge in [0.1, 0.15) is 5.82 Å². The van der Waals surface area contributed by atoms with Gasteiger partial charge in [0.2, 0.25) is 0 Å². The molecular weight excluding hydrogens is 415 g/mol. The highest BCUT2D eigenvalue weighted by Gasteiger charge is 2.33. The average molecular weight is 444 g/mol. The number of piperidine rings is 1. The van der Waals surface area contributed by atoms with Crippen molar-refractivity contribution in [1.82, 2.24) is 14.5 Å². The van der Waals surface area contributed by atoms with Crippen molar-refractivity contribution >= 4 is 10.9 Å². The van der Waals surface area contributed by atoms with Gasteiger partial charge in [-0.2, -0.15) is 13.2 Å². The van der Waals surface area contributed by atoms with Gasteiger partial charge in [-0.25, -0.2) is 4.98 Å². The summed E-state index contributed by atoms with van der Waals surface area (Å²) in [6, 6.07) is 10.7. The van der Waals surface area contributed by atoms with Crippen LogP contribution in [-0.2, 0) is 12.7 Å². The predicted octanol–water partition coefficient (Wildman–Crippen LogP) is 5.51. The van der Waals surface area contributed by atoms with Crippen LogP contribution < -0.4 is 5.56 Å². The number of aromatic nitrogens is 2. The third kappa shape index (κ3) is 4.44. The second kappa shape index (κ2) is 8.70. The first-order valence-electron chi connectivity index (χ1n) is 11.1. The van der Waals surface area contributed by atoms with E-state index in [0.717, 1.165) is 32.0 Å². The number of halogens is 3. The van der Waals surface area contributed by atoms with E-state index in [1.165, 1.54) is 12.1 Å². The minimum Gasteiger partial charge on any atom is -0.301 e. The maximum atomic E-state index is 13.5. The summed E-state index contributed by atoms with van der Waals surface area (Å²) in [6.45, 7) is 8.74. The molecule has 170 valence electrons. The Morgan fingerprint density at radius 3 is 2.62 bits per heavy atom. The van der Waals surface area contributed by atoms with Gasteiger partial charge in [-0.3, -0.25) is 9.36 Å². The second-order valence-corrected chi connectivity index (χ2v) is 8.95. The highest BCUT2D eigenvalue weighted by molar-refractivity contribution is 5.84. The summed E-state index contributed by atoms with van der Waals surface area (Å²) in [5.74, 6) is 0.976. The van der Waals surface area contributed by atoms with Crippen LogP contribution in [0.2, 0.25) is 0 Å². The number of benzene rings is 2. The van der Waals surface area contributed by atoms with Crippen molar-refractivity contribution in [2.75, 3.05) is 13.1 Å². The van der Waals surface area contributed by atoms with Gasteiger partial charge in [-0.15, -0.1) is 0 Å². The summed E-state index contributed by atoms with van der Waals surface area (Å²) in [5, 5.41) is 0.349. The van der Waals surface area contributed by atoms with E-state index in [1.54, 1.807) is 28.8 Å². The number of aryl methyl sites for hydroxylation is 1. The Hall–Kier alpha value is -2.67. The lowest BCUT2D eigenvalue weighted by Crippen LogP contribution is -2.42. The number of hydrogen-bond donors (Lipinski definition) is 0. The molecule has 4 nitrogen and oxygen atoms in total. The molecular formula is C25H28F3N3O. The molecule has 1 aliphatic heterocycles. The van der Waals surface area contributed by atoms with Gasteiger partial charge in [-0.05, 0) is 75.4 Å². The van der Waals surface area contributed by atoms with Gasteiger partial charge in [0.25, 0.3) is 5.56 Å². The van der Waals surface area contributed by atoms with Crippen LogP contribution in [0.5, 0.6) is 0 Å². The molecule has 1 aliphatic rings. The van der Waals surface area contributed by atoms with Crippen LogP contribution in [0.25, 0.3) is 22.0 Å². The normalized spacial score (nSPS) is 17.9. The third-order valence-electron chi connectivity index (χ3n) is 6.41. The van der Waals surface area contributed by atoms with Crippen LogP contribution in [-0.4, -0.2) is 33.6 Å². The standard InChI is InChI=1S/C25H28F3N3O/c1-16(2)30-12-6-7-18(14-30)15-31-17(3)29-23-11-10-19(13-21(23)24(31)32)20-8-4-5-9-22(20)25(26,27)28/h4-5,8-11,13,16,18H,6-7,12,14-15H2,1-3H3/t18-/m0/s1. The topological polar surface area (TPSA) is 38.1 Å². The van der Waals surface area contributed by atoms with Gasteiger partial charge in [0.05, 0.1) is 16.5 Å². The number of fused-ring (bicyclic) bond motifs is 1. The van der Waals surface area contributed by atoms with Crippen LogP contribution in [0.1, 0.15) is 38.1 Å². The molecule has 0 amide bonds. The molecule has 1 aromatic heterocycles. The van der Waals surface area contributed by atoms with Crippen molar-refractivity contribution in [3.05, 3.63) is 64.2 Å². The molecule has 0 spiro atoms. The maximum absolute atomic E-state index is 13.5. The summed E-state index contributed by atoms with van der Waals surface area (Å²) in [6.07, 6.45) is -2.33. The third-order valence-corrected chi connectivity index (χ3v) is 6.41. The largest absolute Gasteiger partial charge is 0.417 e. The molecule has 1 saturated heterocycles. The van der Waals surface area contributed by atoms with E-state index in [4.69, 9.17) is 0 Å². The molecule has 1 fully saturated rings. The number of nitrogens with zero attached hydrogens (tertiary/aromatic N) is 3. The zero-order chi connectivity index (χ0) is 23.0. The van der Waals surface area contributed by atoms with E-state index in [1.807, 2.05) is 6.92 Å². The average Bonchev–Trinajstić information content (AvgIpc) is 2.76. The first kappa shape index (κ1) is 22.5. The Labute approximate surface area is 185 Å². The fourth-order valence-electron chi connectivity index (χ4n) is 4.67. The summed E-state index contributed by atoms with van der Waals surface area (Å²) >= 11 is 0. The summed E-state index contributed by atoms with van der Waals surface area (Å²) in [7, 11) is 0. The predicted molar refractivity (Wildman–Crippen MR) is 121 cm³/mol. The first-order chi connectivity index (χ1) is 15.1. The molecule has 32 heavy (non-hydrogen) atoms. The lowest BCUT2D eigenvalue weighted by Gasteiger charge is -2.35. The number of alkyl halides is 3. The molecule has 7 heteroatoms. The van der Waals surface area contributed by atoms with E-state index in [0.29, 0.717) is 40.8 Å². The fraction of sp³-hybridized carbons (Fsp3) is 0.440. The lowest BCUT2D eigenvalue weighted by molar-refractivity contribution is -0.137. The Kier molecular flexibility index (Phi) is 6.12. The van der Waals surface area contributed by atoms with Crippen LogP contribution in [0, 0.1) is 12.8 Å². The van der Waals surface area contributed by atoms with Gasteiger partial charge in [-0.1, -0.05) is 24.3 Å². The molecule has 0 N–H and O–H groups in total. The van der Waals surface area contributed by atoms with E-state index >= 15 is 0 Å². The van der Waals surface area contributed by atoms with Crippen molar-refractivity contribution in [1.29, 1.82) is 0 Å². The molecule has 1 atom stereocenters. The number of likely N-dealkylation sites (tertiary alicyclic amines) is 1. The first-order valence-corrected chi connectivity index (χ1v) is 11.1. The van der Waals surface area contributed by atoms with Crippen molar-refractivity contribution in [2.45, 2.75) is 52.4 Å². The smallest absolute Gasteiger partial charge is 0.301 e. The fourth-order valence-corrected chi connectivity index (χ4v) is 4.67. The summed E-state index contributed by atoms with van der Waals surface area (Å²) in [4.78, 5) is 20.4. The number of hydrogen-bond acceptors (Lipinski definition) is 3. The Morgan fingerprint density at radius 1 is 1.16 bits per heavy atom. The minimum absolute atomic E-state index is 0.0632. The molecule has 0 aliphatic carbocycles. The Morgan fingerprint density at radius 2 is 1.91 bits per heavy atom. The second-order valence-electron chi connectivity index (χ2n) is 8.95. The molecule has 3 aromatic rings. The highest BCUT2D eigenvalue weighted by atomic mass is 19.4. The van der Waals surface area contributed by atoms with E-state index in [9.17, 15) is 18.0 Å². The van der Waals surface area contributed by atoms with Crippen molar-refractivity contribution in [3.63, 3.8) is 0 Å². The molecule has 2 aromatic carbocycles. The zero-order valence-electron chi connectivity index (χ0n) is 18.6. The Bertz CT molecular complexity index is 1180. The molecule has 0 bridgehead atoms. The molecule has 0 saturated carbocycles. The monoisotopic (exact) mass is 443 g/mol. The molecule has 0 radical (unpaired) electrons.